The molecule has 5 aromatic rings. The monoisotopic (exact) mass is 376 g/mol. The average Bonchev–Trinajstić information content (AvgIpc) is 3.17. The first-order valence-corrected chi connectivity index (χ1v) is 9.81. The van der Waals surface area contributed by atoms with Gasteiger partial charge in [0, 0.05) is 16.7 Å². The van der Waals surface area contributed by atoms with Gasteiger partial charge in [0.25, 0.3) is 5.78 Å². The van der Waals surface area contributed by atoms with Crippen LogP contribution in [0.1, 0.15) is 12.6 Å². The molecule has 2 aromatic heterocycles. The summed E-state index contributed by atoms with van der Waals surface area (Å²) in [5.41, 5.74) is 6.86. The Labute approximate surface area is 169 Å². The number of nitrogens with zero attached hydrogens (tertiary/aromatic N) is 4. The lowest BCUT2D eigenvalue weighted by Gasteiger charge is -2.10. The zero-order chi connectivity index (χ0) is 19.6. The Morgan fingerprint density at radius 3 is 1.69 bits per heavy atom. The quantitative estimate of drug-likeness (QED) is 0.405. The van der Waals surface area contributed by atoms with Crippen molar-refractivity contribution in [3.63, 3.8) is 0 Å². The van der Waals surface area contributed by atoms with Crippen LogP contribution in [0.25, 0.3) is 39.5 Å². The van der Waals surface area contributed by atoms with E-state index in [4.69, 9.17) is 15.1 Å². The third-order valence-corrected chi connectivity index (χ3v) is 5.02. The number of aromatic nitrogens is 4. The van der Waals surface area contributed by atoms with E-state index in [1.54, 1.807) is 0 Å². The molecule has 0 atom stereocenters. The van der Waals surface area contributed by atoms with Crippen LogP contribution in [0.4, 0.5) is 0 Å². The van der Waals surface area contributed by atoms with Crippen LogP contribution in [-0.2, 0) is 6.42 Å². The van der Waals surface area contributed by atoms with Crippen LogP contribution in [-0.4, -0.2) is 19.6 Å². The van der Waals surface area contributed by atoms with Crippen LogP contribution in [0.5, 0.6) is 0 Å². The highest BCUT2D eigenvalue weighted by molar-refractivity contribution is 5.79. The molecule has 4 heteroatoms. The van der Waals surface area contributed by atoms with Crippen LogP contribution in [0.3, 0.4) is 0 Å². The molecular formula is C25H20N4. The SMILES string of the molecule is CCc1nc2nc(-c3ccccc3)c(-c3ccccc3)nn2c1-c1ccccc1. The summed E-state index contributed by atoms with van der Waals surface area (Å²) in [6, 6.07) is 30.7. The summed E-state index contributed by atoms with van der Waals surface area (Å²) in [7, 11) is 0. The van der Waals surface area contributed by atoms with Gasteiger partial charge in [0.05, 0.1) is 11.4 Å². The Kier molecular flexibility index (Phi) is 4.37. The highest BCUT2D eigenvalue weighted by Gasteiger charge is 2.19. The molecule has 0 fully saturated rings. The van der Waals surface area contributed by atoms with Crippen molar-refractivity contribution >= 4 is 5.78 Å². The van der Waals surface area contributed by atoms with Gasteiger partial charge in [-0.3, -0.25) is 0 Å². The zero-order valence-corrected chi connectivity index (χ0v) is 16.2. The van der Waals surface area contributed by atoms with Gasteiger partial charge in [-0.05, 0) is 6.42 Å². The molecule has 0 spiro atoms. The van der Waals surface area contributed by atoms with Crippen LogP contribution in [0.15, 0.2) is 91.0 Å². The van der Waals surface area contributed by atoms with E-state index in [-0.39, 0.29) is 0 Å². The minimum absolute atomic E-state index is 0.624. The van der Waals surface area contributed by atoms with Crippen molar-refractivity contribution in [2.24, 2.45) is 0 Å². The molecule has 0 saturated carbocycles. The first-order valence-electron chi connectivity index (χ1n) is 9.81. The maximum Gasteiger partial charge on any atom is 0.252 e. The fourth-order valence-electron chi connectivity index (χ4n) is 3.63. The van der Waals surface area contributed by atoms with Crippen LogP contribution < -0.4 is 0 Å². The van der Waals surface area contributed by atoms with Gasteiger partial charge in [-0.1, -0.05) is 97.9 Å². The average molecular weight is 376 g/mol. The molecule has 140 valence electrons. The van der Waals surface area contributed by atoms with E-state index in [0.717, 1.165) is 45.9 Å². The van der Waals surface area contributed by atoms with E-state index < -0.39 is 0 Å². The summed E-state index contributed by atoms with van der Waals surface area (Å²) in [6.45, 7) is 2.12. The van der Waals surface area contributed by atoms with Gasteiger partial charge in [0.2, 0.25) is 0 Å². The predicted molar refractivity (Wildman–Crippen MR) is 116 cm³/mol. The molecule has 0 bridgehead atoms. The molecule has 0 saturated heterocycles. The van der Waals surface area contributed by atoms with Gasteiger partial charge in [0.15, 0.2) is 0 Å². The normalized spacial score (nSPS) is 11.1. The molecule has 0 radical (unpaired) electrons. The Bertz CT molecular complexity index is 1260. The Hall–Kier alpha value is -3.79. The lowest BCUT2D eigenvalue weighted by molar-refractivity contribution is 0.917. The smallest absolute Gasteiger partial charge is 0.214 e. The van der Waals surface area contributed by atoms with Gasteiger partial charge in [-0.15, -0.1) is 0 Å². The number of benzene rings is 3. The molecule has 5 rings (SSSR count). The first kappa shape index (κ1) is 17.3. The number of hydrogen-bond acceptors (Lipinski definition) is 3. The van der Waals surface area contributed by atoms with E-state index in [1.807, 2.05) is 59.1 Å². The third kappa shape index (κ3) is 3.09. The highest BCUT2D eigenvalue weighted by Crippen LogP contribution is 2.31. The topological polar surface area (TPSA) is 43.1 Å². The number of rotatable bonds is 4. The summed E-state index contributed by atoms with van der Waals surface area (Å²) in [6.07, 6.45) is 0.816. The van der Waals surface area contributed by atoms with Crippen molar-refractivity contribution in [2.75, 3.05) is 0 Å². The van der Waals surface area contributed by atoms with E-state index >= 15 is 0 Å². The summed E-state index contributed by atoms with van der Waals surface area (Å²) in [5.74, 6) is 0.624. The molecule has 0 aliphatic carbocycles. The van der Waals surface area contributed by atoms with Gasteiger partial charge >= 0.3 is 0 Å². The van der Waals surface area contributed by atoms with E-state index in [9.17, 15) is 0 Å². The van der Waals surface area contributed by atoms with Crippen molar-refractivity contribution in [3.8, 4) is 33.8 Å². The maximum absolute atomic E-state index is 5.06. The number of hydrogen-bond donors (Lipinski definition) is 0. The summed E-state index contributed by atoms with van der Waals surface area (Å²) in [4.78, 5) is 9.78. The second kappa shape index (κ2) is 7.32. The largest absolute Gasteiger partial charge is 0.252 e. The van der Waals surface area contributed by atoms with Gasteiger partial charge in [-0.2, -0.15) is 9.61 Å². The number of fused-ring (bicyclic) bond motifs is 1. The van der Waals surface area contributed by atoms with Crippen molar-refractivity contribution in [2.45, 2.75) is 13.3 Å². The van der Waals surface area contributed by atoms with Crippen LogP contribution in [0, 0.1) is 0 Å². The second-order valence-corrected chi connectivity index (χ2v) is 6.88. The second-order valence-electron chi connectivity index (χ2n) is 6.88. The lowest BCUT2D eigenvalue weighted by atomic mass is 10.0. The Morgan fingerprint density at radius 1 is 0.621 bits per heavy atom. The van der Waals surface area contributed by atoms with Crippen molar-refractivity contribution in [3.05, 3.63) is 96.7 Å². The summed E-state index contributed by atoms with van der Waals surface area (Å²) >= 11 is 0. The molecular weight excluding hydrogens is 356 g/mol. The van der Waals surface area contributed by atoms with Crippen molar-refractivity contribution < 1.29 is 0 Å². The Balaban J connectivity index is 1.85. The minimum atomic E-state index is 0.624. The van der Waals surface area contributed by atoms with Gasteiger partial charge < -0.3 is 0 Å². The summed E-state index contributed by atoms with van der Waals surface area (Å²) < 4.78 is 1.89. The molecule has 3 aromatic carbocycles. The standard InChI is InChI=1S/C25H20N4/c1-2-21-24(20-16-10-5-11-17-20)29-25(26-21)27-22(18-12-6-3-7-13-18)23(28-29)19-14-8-4-9-15-19/h3-17H,2H2,1H3. The van der Waals surface area contributed by atoms with E-state index in [1.165, 1.54) is 0 Å². The first-order chi connectivity index (χ1) is 14.3. The number of imidazole rings is 1. The maximum atomic E-state index is 5.06. The third-order valence-electron chi connectivity index (χ3n) is 5.02. The molecule has 29 heavy (non-hydrogen) atoms. The van der Waals surface area contributed by atoms with Crippen molar-refractivity contribution in [1.29, 1.82) is 0 Å². The zero-order valence-electron chi connectivity index (χ0n) is 16.2. The molecule has 0 N–H and O–H groups in total. The summed E-state index contributed by atoms with van der Waals surface area (Å²) in [5, 5.41) is 5.06. The molecule has 4 nitrogen and oxygen atoms in total. The highest BCUT2D eigenvalue weighted by atomic mass is 15.3. The minimum Gasteiger partial charge on any atom is -0.214 e. The lowest BCUT2D eigenvalue weighted by Crippen LogP contribution is -2.03. The van der Waals surface area contributed by atoms with Gasteiger partial charge in [-0.25, -0.2) is 9.97 Å². The fraction of sp³-hybridized carbons (Fsp3) is 0.0800. The molecule has 0 amide bonds. The molecule has 0 aliphatic rings. The van der Waals surface area contributed by atoms with E-state index in [2.05, 4.69) is 43.3 Å². The van der Waals surface area contributed by atoms with Crippen LogP contribution in [0.2, 0.25) is 0 Å². The Morgan fingerprint density at radius 2 is 1.14 bits per heavy atom. The van der Waals surface area contributed by atoms with Crippen LogP contribution >= 0.6 is 0 Å². The predicted octanol–water partition coefficient (Wildman–Crippen LogP) is 5.69. The number of aryl methyl sites for hydroxylation is 1. The van der Waals surface area contributed by atoms with Gasteiger partial charge in [0.1, 0.15) is 11.4 Å². The van der Waals surface area contributed by atoms with Crippen molar-refractivity contribution in [1.82, 2.24) is 19.6 Å². The fourth-order valence-corrected chi connectivity index (χ4v) is 3.63. The molecule has 2 heterocycles. The molecule has 0 aliphatic heterocycles. The molecule has 0 unspecified atom stereocenters. The van der Waals surface area contributed by atoms with E-state index in [0.29, 0.717) is 5.78 Å².